The summed E-state index contributed by atoms with van der Waals surface area (Å²) >= 11 is 1.19. The van der Waals surface area contributed by atoms with Crippen LogP contribution in [0.2, 0.25) is 0 Å². The normalized spacial score (nSPS) is 14.4. The smallest absolute Gasteiger partial charge is 0.331 e. The lowest BCUT2D eigenvalue weighted by Gasteiger charge is -2.36. The minimum Gasteiger partial charge on any atom is -0.497 e. The highest BCUT2D eigenvalue weighted by atomic mass is 32.1. The number of rotatable bonds is 3. The van der Waals surface area contributed by atoms with Crippen LogP contribution >= 0.6 is 11.3 Å². The molecule has 0 saturated carbocycles. The van der Waals surface area contributed by atoms with Crippen molar-refractivity contribution in [1.82, 2.24) is 14.0 Å². The molecule has 8 nitrogen and oxygen atoms in total. The fourth-order valence-electron chi connectivity index (χ4n) is 3.59. The molecular formula is C20H22N4O4S. The SMILES string of the molecule is COc1ccc(N2CCN(C(=O)c3cc4c(=O)n(C)c(=O)n(C)c4s3)CC2)cc1. The van der Waals surface area contributed by atoms with Crippen LogP contribution in [0.15, 0.2) is 39.9 Å². The van der Waals surface area contributed by atoms with E-state index in [0.717, 1.165) is 29.1 Å². The topological polar surface area (TPSA) is 76.8 Å². The fraction of sp³-hybridized carbons (Fsp3) is 0.350. The van der Waals surface area contributed by atoms with Crippen LogP contribution in [0.3, 0.4) is 0 Å². The molecule has 0 aliphatic carbocycles. The zero-order valence-electron chi connectivity index (χ0n) is 16.5. The molecule has 1 saturated heterocycles. The molecule has 0 unspecified atom stereocenters. The lowest BCUT2D eigenvalue weighted by Crippen LogP contribution is -2.48. The molecule has 3 aromatic rings. The first-order chi connectivity index (χ1) is 13.9. The van der Waals surface area contributed by atoms with Crippen molar-refractivity contribution in [3.05, 3.63) is 56.0 Å². The number of hydrogen-bond acceptors (Lipinski definition) is 6. The van der Waals surface area contributed by atoms with E-state index in [0.29, 0.717) is 28.2 Å². The summed E-state index contributed by atoms with van der Waals surface area (Å²) in [5.74, 6) is 0.711. The number of hydrogen-bond donors (Lipinski definition) is 0. The molecule has 1 aromatic carbocycles. The molecule has 3 heterocycles. The van der Waals surface area contributed by atoms with Gasteiger partial charge in [0, 0.05) is 46.0 Å². The van der Waals surface area contributed by atoms with Crippen LogP contribution in [-0.2, 0) is 14.1 Å². The second-order valence-electron chi connectivity index (χ2n) is 7.01. The van der Waals surface area contributed by atoms with Gasteiger partial charge >= 0.3 is 5.69 Å². The Kier molecular flexibility index (Phi) is 4.91. The lowest BCUT2D eigenvalue weighted by atomic mass is 10.2. The van der Waals surface area contributed by atoms with E-state index in [2.05, 4.69) is 4.90 Å². The summed E-state index contributed by atoms with van der Waals surface area (Å²) in [5, 5.41) is 0.403. The van der Waals surface area contributed by atoms with Gasteiger partial charge < -0.3 is 14.5 Å². The van der Waals surface area contributed by atoms with Crippen molar-refractivity contribution >= 4 is 33.1 Å². The summed E-state index contributed by atoms with van der Waals surface area (Å²) in [4.78, 5) is 42.5. The van der Waals surface area contributed by atoms with Gasteiger partial charge in [0.1, 0.15) is 10.6 Å². The number of benzene rings is 1. The summed E-state index contributed by atoms with van der Waals surface area (Å²) < 4.78 is 7.68. The number of aryl methyl sites for hydroxylation is 1. The molecule has 0 radical (unpaired) electrons. The molecule has 0 spiro atoms. The number of carbonyl (C=O) groups is 1. The summed E-state index contributed by atoms with van der Waals surface area (Å²) in [6.07, 6.45) is 0. The van der Waals surface area contributed by atoms with Crippen molar-refractivity contribution in [3.63, 3.8) is 0 Å². The third-order valence-corrected chi connectivity index (χ3v) is 6.54. The number of carbonyl (C=O) groups excluding carboxylic acids is 1. The van der Waals surface area contributed by atoms with E-state index in [-0.39, 0.29) is 11.5 Å². The van der Waals surface area contributed by atoms with Crippen LogP contribution in [-0.4, -0.2) is 53.2 Å². The van der Waals surface area contributed by atoms with Gasteiger partial charge in [-0.1, -0.05) is 0 Å². The highest BCUT2D eigenvalue weighted by molar-refractivity contribution is 7.20. The predicted molar refractivity (Wildman–Crippen MR) is 113 cm³/mol. The number of nitrogens with zero attached hydrogens (tertiary/aromatic N) is 4. The molecule has 1 aliphatic rings. The second kappa shape index (κ2) is 7.40. The number of thiophene rings is 1. The Morgan fingerprint density at radius 2 is 1.66 bits per heavy atom. The molecule has 4 rings (SSSR count). The summed E-state index contributed by atoms with van der Waals surface area (Å²) in [5.41, 5.74) is 0.331. The number of aromatic nitrogens is 2. The lowest BCUT2D eigenvalue weighted by molar-refractivity contribution is 0.0751. The average Bonchev–Trinajstić information content (AvgIpc) is 3.21. The highest BCUT2D eigenvalue weighted by Gasteiger charge is 2.25. The van der Waals surface area contributed by atoms with E-state index >= 15 is 0 Å². The monoisotopic (exact) mass is 414 g/mol. The van der Waals surface area contributed by atoms with Crippen molar-refractivity contribution in [1.29, 1.82) is 0 Å². The Morgan fingerprint density at radius 3 is 2.28 bits per heavy atom. The quantitative estimate of drug-likeness (QED) is 0.645. The standard InChI is InChI=1S/C20H22N4O4S/c1-21-17(25)15-12-16(29-19(15)22(2)20(21)27)18(26)24-10-8-23(9-11-24)13-4-6-14(28-3)7-5-13/h4-7,12H,8-11H2,1-3H3. The van der Waals surface area contributed by atoms with Crippen molar-refractivity contribution in [2.24, 2.45) is 14.1 Å². The van der Waals surface area contributed by atoms with Gasteiger partial charge in [-0.2, -0.15) is 0 Å². The molecular weight excluding hydrogens is 392 g/mol. The summed E-state index contributed by atoms with van der Waals surface area (Å²) in [6.45, 7) is 2.64. The van der Waals surface area contributed by atoms with Crippen LogP contribution < -0.4 is 20.9 Å². The van der Waals surface area contributed by atoms with Crippen LogP contribution in [0.4, 0.5) is 5.69 Å². The Morgan fingerprint density at radius 1 is 1.00 bits per heavy atom. The highest BCUT2D eigenvalue weighted by Crippen LogP contribution is 2.25. The number of fused-ring (bicyclic) bond motifs is 1. The third-order valence-electron chi connectivity index (χ3n) is 5.34. The molecule has 29 heavy (non-hydrogen) atoms. The molecule has 0 N–H and O–H groups in total. The molecule has 1 amide bonds. The zero-order chi connectivity index (χ0) is 20.7. The molecule has 1 fully saturated rings. The molecule has 2 aromatic heterocycles. The number of anilines is 1. The number of piperazine rings is 1. The van der Waals surface area contributed by atoms with Crippen molar-refractivity contribution in [2.45, 2.75) is 0 Å². The fourth-order valence-corrected chi connectivity index (χ4v) is 4.66. The first-order valence-corrected chi connectivity index (χ1v) is 10.1. The molecule has 0 bridgehead atoms. The number of ether oxygens (including phenoxy) is 1. The van der Waals surface area contributed by atoms with Crippen LogP contribution in [0.5, 0.6) is 5.75 Å². The van der Waals surface area contributed by atoms with Crippen molar-refractivity contribution in [2.75, 3.05) is 38.2 Å². The summed E-state index contributed by atoms with van der Waals surface area (Å²) in [6, 6.07) is 9.49. The van der Waals surface area contributed by atoms with Gasteiger partial charge in [-0.25, -0.2) is 4.79 Å². The van der Waals surface area contributed by atoms with Gasteiger partial charge in [-0.05, 0) is 30.3 Å². The largest absolute Gasteiger partial charge is 0.497 e. The van der Waals surface area contributed by atoms with E-state index in [1.165, 1.54) is 23.0 Å². The maximum absolute atomic E-state index is 13.0. The number of methoxy groups -OCH3 is 1. The first-order valence-electron chi connectivity index (χ1n) is 9.28. The van der Waals surface area contributed by atoms with Crippen LogP contribution in [0, 0.1) is 0 Å². The van der Waals surface area contributed by atoms with E-state index < -0.39 is 5.69 Å². The van der Waals surface area contributed by atoms with Crippen LogP contribution in [0.1, 0.15) is 9.67 Å². The van der Waals surface area contributed by atoms with Crippen LogP contribution in [0.25, 0.3) is 10.2 Å². The molecule has 0 atom stereocenters. The minimum absolute atomic E-state index is 0.102. The second-order valence-corrected chi connectivity index (χ2v) is 8.04. The van der Waals surface area contributed by atoms with E-state index in [9.17, 15) is 14.4 Å². The van der Waals surface area contributed by atoms with E-state index in [1.54, 1.807) is 25.1 Å². The Labute approximate surface area is 171 Å². The maximum Gasteiger partial charge on any atom is 0.331 e. The van der Waals surface area contributed by atoms with Gasteiger partial charge in [0.15, 0.2) is 0 Å². The Hall–Kier alpha value is -3.07. The number of amides is 1. The minimum atomic E-state index is -0.392. The van der Waals surface area contributed by atoms with Gasteiger partial charge in [-0.15, -0.1) is 11.3 Å². The maximum atomic E-state index is 13.0. The van der Waals surface area contributed by atoms with E-state index in [4.69, 9.17) is 4.74 Å². The predicted octanol–water partition coefficient (Wildman–Crippen LogP) is 1.27. The van der Waals surface area contributed by atoms with E-state index in [1.807, 2.05) is 24.3 Å². The Bertz CT molecular complexity index is 1180. The zero-order valence-corrected chi connectivity index (χ0v) is 17.4. The summed E-state index contributed by atoms with van der Waals surface area (Å²) in [7, 11) is 4.70. The van der Waals surface area contributed by atoms with Gasteiger partial charge in [-0.3, -0.25) is 18.7 Å². The van der Waals surface area contributed by atoms with Crippen molar-refractivity contribution in [3.8, 4) is 5.75 Å². The van der Waals surface area contributed by atoms with Gasteiger partial charge in [0.05, 0.1) is 17.4 Å². The molecule has 1 aliphatic heterocycles. The van der Waals surface area contributed by atoms with Crippen molar-refractivity contribution < 1.29 is 9.53 Å². The third kappa shape index (κ3) is 3.31. The molecule has 152 valence electrons. The first kappa shape index (κ1) is 19.3. The van der Waals surface area contributed by atoms with Gasteiger partial charge in [0.25, 0.3) is 11.5 Å². The Balaban J connectivity index is 1.52. The van der Waals surface area contributed by atoms with Gasteiger partial charge in [0.2, 0.25) is 0 Å². The molecule has 9 heteroatoms. The average molecular weight is 414 g/mol.